The minimum absolute atomic E-state index is 0.138. The van der Waals surface area contributed by atoms with Crippen molar-refractivity contribution in [2.45, 2.75) is 38.4 Å². The third-order valence-electron chi connectivity index (χ3n) is 3.99. The molecule has 2 nitrogen and oxygen atoms in total. The van der Waals surface area contributed by atoms with Crippen molar-refractivity contribution in [2.24, 2.45) is 11.3 Å². The van der Waals surface area contributed by atoms with E-state index in [4.69, 9.17) is 9.47 Å². The van der Waals surface area contributed by atoms with E-state index in [9.17, 15) is 0 Å². The number of fused-ring (bicyclic) bond motifs is 1. The molecule has 2 aliphatic carbocycles. The first-order chi connectivity index (χ1) is 5.73. The maximum absolute atomic E-state index is 5.70. The molecule has 0 aromatic rings. The quantitative estimate of drug-likeness (QED) is 0.550. The summed E-state index contributed by atoms with van der Waals surface area (Å²) in [5.74, 6) is 0.755. The second-order valence-electron chi connectivity index (χ2n) is 4.87. The Morgan fingerprint density at radius 3 is 2.50 bits per heavy atom. The van der Waals surface area contributed by atoms with E-state index >= 15 is 0 Å². The van der Waals surface area contributed by atoms with Gasteiger partial charge in [-0.3, -0.25) is 0 Å². The molecule has 3 rings (SSSR count). The predicted molar refractivity (Wildman–Crippen MR) is 44.7 cm³/mol. The van der Waals surface area contributed by atoms with Crippen molar-refractivity contribution >= 4 is 0 Å². The number of hydrogen-bond acceptors (Lipinski definition) is 2. The molecule has 1 heterocycles. The van der Waals surface area contributed by atoms with E-state index in [0.717, 1.165) is 32.0 Å². The van der Waals surface area contributed by atoms with Crippen LogP contribution in [-0.4, -0.2) is 19.0 Å². The van der Waals surface area contributed by atoms with Gasteiger partial charge in [0.25, 0.3) is 0 Å². The molecule has 0 radical (unpaired) electrons. The molecule has 0 bridgehead atoms. The summed E-state index contributed by atoms with van der Waals surface area (Å²) in [5, 5.41) is 0. The minimum atomic E-state index is -0.138. The van der Waals surface area contributed by atoms with Gasteiger partial charge in [0.05, 0.1) is 13.2 Å². The maximum Gasteiger partial charge on any atom is 0.168 e. The van der Waals surface area contributed by atoms with Crippen LogP contribution in [0.3, 0.4) is 0 Å². The van der Waals surface area contributed by atoms with Gasteiger partial charge in [0.2, 0.25) is 0 Å². The monoisotopic (exact) mass is 168 g/mol. The normalized spacial score (nSPS) is 49.2. The Morgan fingerprint density at radius 1 is 1.08 bits per heavy atom. The highest BCUT2D eigenvalue weighted by molar-refractivity contribution is 5.06. The molecule has 2 saturated carbocycles. The highest BCUT2D eigenvalue weighted by Crippen LogP contribution is 2.64. The molecule has 2 atom stereocenters. The summed E-state index contributed by atoms with van der Waals surface area (Å²) in [5.41, 5.74) is 0.667. The molecule has 1 aliphatic heterocycles. The second kappa shape index (κ2) is 2.05. The van der Waals surface area contributed by atoms with Gasteiger partial charge < -0.3 is 9.47 Å². The lowest BCUT2D eigenvalue weighted by Gasteiger charge is -2.33. The Kier molecular flexibility index (Phi) is 1.25. The number of rotatable bonds is 0. The Hall–Kier alpha value is -0.0800. The zero-order valence-electron chi connectivity index (χ0n) is 7.64. The molecule has 12 heavy (non-hydrogen) atoms. The third kappa shape index (κ3) is 0.882. The van der Waals surface area contributed by atoms with E-state index in [1.807, 2.05) is 0 Å². The van der Waals surface area contributed by atoms with Gasteiger partial charge in [-0.1, -0.05) is 6.92 Å². The van der Waals surface area contributed by atoms with Gasteiger partial charge in [-0.2, -0.15) is 0 Å². The van der Waals surface area contributed by atoms with E-state index in [1.54, 1.807) is 0 Å². The highest BCUT2D eigenvalue weighted by Gasteiger charge is 2.58. The van der Waals surface area contributed by atoms with Gasteiger partial charge in [-0.05, 0) is 24.2 Å². The molecular weight excluding hydrogens is 152 g/mol. The minimum Gasteiger partial charge on any atom is -0.348 e. The van der Waals surface area contributed by atoms with Crippen LogP contribution in [0.1, 0.15) is 32.6 Å². The SMILES string of the molecule is CC12CCC3(CC1C2)OCCO3. The molecular formula is C10H16O2. The summed E-state index contributed by atoms with van der Waals surface area (Å²) in [4.78, 5) is 0. The molecule has 3 aliphatic rings. The highest BCUT2D eigenvalue weighted by atomic mass is 16.7. The zero-order chi connectivity index (χ0) is 8.23. The summed E-state index contributed by atoms with van der Waals surface area (Å²) >= 11 is 0. The first-order valence-electron chi connectivity index (χ1n) is 5.00. The topological polar surface area (TPSA) is 18.5 Å². The van der Waals surface area contributed by atoms with E-state index in [-0.39, 0.29) is 5.79 Å². The number of ether oxygens (including phenoxy) is 2. The van der Waals surface area contributed by atoms with Gasteiger partial charge in [0.1, 0.15) is 0 Å². The predicted octanol–water partition coefficient (Wildman–Crippen LogP) is 1.94. The Labute approximate surface area is 73.2 Å². The smallest absolute Gasteiger partial charge is 0.168 e. The van der Waals surface area contributed by atoms with Crippen molar-refractivity contribution in [2.75, 3.05) is 13.2 Å². The lowest BCUT2D eigenvalue weighted by atomic mass is 9.86. The summed E-state index contributed by atoms with van der Waals surface area (Å²) < 4.78 is 11.4. The average molecular weight is 168 g/mol. The average Bonchev–Trinajstić information content (AvgIpc) is 2.51. The maximum atomic E-state index is 5.70. The largest absolute Gasteiger partial charge is 0.348 e. The van der Waals surface area contributed by atoms with Crippen LogP contribution in [0.4, 0.5) is 0 Å². The van der Waals surface area contributed by atoms with Crippen LogP contribution in [-0.2, 0) is 9.47 Å². The molecule has 68 valence electrons. The first-order valence-corrected chi connectivity index (χ1v) is 5.00. The Bertz CT molecular complexity index is 208. The summed E-state index contributed by atoms with van der Waals surface area (Å²) in [6.07, 6.45) is 4.99. The summed E-state index contributed by atoms with van der Waals surface area (Å²) in [6, 6.07) is 0. The molecule has 0 aromatic carbocycles. The molecule has 0 N–H and O–H groups in total. The fraction of sp³-hybridized carbons (Fsp3) is 1.00. The summed E-state index contributed by atoms with van der Waals surface area (Å²) in [6.45, 7) is 4.02. The van der Waals surface area contributed by atoms with Crippen molar-refractivity contribution in [1.82, 2.24) is 0 Å². The lowest BCUT2D eigenvalue weighted by molar-refractivity contribution is -0.183. The van der Waals surface area contributed by atoms with Crippen molar-refractivity contribution < 1.29 is 9.47 Å². The first kappa shape index (κ1) is 7.34. The summed E-state index contributed by atoms with van der Waals surface area (Å²) in [7, 11) is 0. The molecule has 2 heteroatoms. The van der Waals surface area contributed by atoms with Crippen molar-refractivity contribution in [3.8, 4) is 0 Å². The van der Waals surface area contributed by atoms with Crippen LogP contribution < -0.4 is 0 Å². The van der Waals surface area contributed by atoms with Crippen LogP contribution >= 0.6 is 0 Å². The molecule has 3 fully saturated rings. The molecule has 1 saturated heterocycles. The van der Waals surface area contributed by atoms with E-state index < -0.39 is 0 Å². The van der Waals surface area contributed by atoms with Crippen molar-refractivity contribution in [1.29, 1.82) is 0 Å². The molecule has 2 unspecified atom stereocenters. The van der Waals surface area contributed by atoms with Crippen LogP contribution in [0.15, 0.2) is 0 Å². The van der Waals surface area contributed by atoms with Crippen LogP contribution in [0.2, 0.25) is 0 Å². The lowest BCUT2D eigenvalue weighted by Crippen LogP contribution is -2.35. The van der Waals surface area contributed by atoms with Crippen molar-refractivity contribution in [3.05, 3.63) is 0 Å². The zero-order valence-corrected chi connectivity index (χ0v) is 7.64. The van der Waals surface area contributed by atoms with Gasteiger partial charge >= 0.3 is 0 Å². The van der Waals surface area contributed by atoms with Gasteiger partial charge in [0.15, 0.2) is 5.79 Å². The van der Waals surface area contributed by atoms with Crippen molar-refractivity contribution in [3.63, 3.8) is 0 Å². The van der Waals surface area contributed by atoms with Gasteiger partial charge in [0, 0.05) is 12.8 Å². The van der Waals surface area contributed by atoms with Crippen LogP contribution in [0.5, 0.6) is 0 Å². The third-order valence-corrected chi connectivity index (χ3v) is 3.99. The second-order valence-corrected chi connectivity index (χ2v) is 4.87. The number of hydrogen-bond donors (Lipinski definition) is 0. The Balaban J connectivity index is 1.76. The Morgan fingerprint density at radius 2 is 1.83 bits per heavy atom. The molecule has 0 aromatic heterocycles. The van der Waals surface area contributed by atoms with Crippen LogP contribution in [0.25, 0.3) is 0 Å². The van der Waals surface area contributed by atoms with E-state index in [1.165, 1.54) is 12.8 Å². The standard InChI is InChI=1S/C10H16O2/c1-9-2-3-10(7-8(9)6-9)11-4-5-12-10/h8H,2-7H2,1H3. The van der Waals surface area contributed by atoms with Crippen LogP contribution in [0, 0.1) is 11.3 Å². The molecule has 0 amide bonds. The fourth-order valence-electron chi connectivity index (χ4n) is 2.84. The molecule has 1 spiro atoms. The van der Waals surface area contributed by atoms with Gasteiger partial charge in [-0.25, -0.2) is 0 Å². The van der Waals surface area contributed by atoms with E-state index in [2.05, 4.69) is 6.92 Å². The fourth-order valence-corrected chi connectivity index (χ4v) is 2.84. The van der Waals surface area contributed by atoms with Gasteiger partial charge in [-0.15, -0.1) is 0 Å². The van der Waals surface area contributed by atoms with E-state index in [0.29, 0.717) is 5.41 Å².